The Labute approximate surface area is 348 Å². The summed E-state index contributed by atoms with van der Waals surface area (Å²) in [6.45, 7) is 22.3. The number of phenolic OH excluding ortho intramolecular Hbond substituents is 1. The van der Waals surface area contributed by atoms with Gasteiger partial charge in [0, 0.05) is 44.0 Å². The Morgan fingerprint density at radius 3 is 1.70 bits per heavy atom. The number of phenols is 1. The average molecular weight is 917 g/mol. The first kappa shape index (κ1) is 40.8. The van der Waals surface area contributed by atoms with Gasteiger partial charge >= 0.3 is 0 Å². The number of aromatic hydroxyl groups is 1. The molecule has 1 N–H and O–H groups in total. The van der Waals surface area contributed by atoms with Crippen molar-refractivity contribution in [3.63, 3.8) is 0 Å². The Hall–Kier alpha value is -4.85. The second-order valence-corrected chi connectivity index (χ2v) is 17.6. The van der Waals surface area contributed by atoms with Gasteiger partial charge in [0.15, 0.2) is 0 Å². The molecule has 2 aromatic heterocycles. The molecule has 5 aromatic carbocycles. The molecule has 3 nitrogen and oxygen atoms in total. The molecule has 0 saturated heterocycles. The molecule has 0 fully saturated rings. The molecule has 4 heteroatoms. The van der Waals surface area contributed by atoms with Crippen LogP contribution < -0.4 is 0 Å². The van der Waals surface area contributed by atoms with Gasteiger partial charge in [0.2, 0.25) is 0 Å². The van der Waals surface area contributed by atoms with Crippen molar-refractivity contribution in [1.29, 1.82) is 0 Å². The average Bonchev–Trinajstić information content (AvgIpc) is 3.16. The Morgan fingerprint density at radius 1 is 0.554 bits per heavy atom. The molecule has 0 bridgehead atoms. The van der Waals surface area contributed by atoms with Crippen LogP contribution in [0.1, 0.15) is 103 Å². The van der Waals surface area contributed by atoms with Crippen LogP contribution >= 0.6 is 0 Å². The van der Waals surface area contributed by atoms with Crippen molar-refractivity contribution in [2.75, 3.05) is 0 Å². The second-order valence-electron chi connectivity index (χ2n) is 17.6. The number of aromatic nitrogens is 2. The first-order valence-electron chi connectivity index (χ1n) is 19.6. The van der Waals surface area contributed by atoms with Crippen molar-refractivity contribution in [2.24, 2.45) is 0 Å². The van der Waals surface area contributed by atoms with Gasteiger partial charge in [-0.3, -0.25) is 9.97 Å². The molecule has 0 radical (unpaired) electrons. The molecule has 0 aliphatic carbocycles. The normalized spacial score (nSPS) is 12.0. The Bertz CT molecular complexity index is 2480. The van der Waals surface area contributed by atoms with E-state index in [-0.39, 0.29) is 37.6 Å². The Balaban J connectivity index is 0.00000532. The number of nitrogens with zero attached hydrogens (tertiary/aromatic N) is 2. The van der Waals surface area contributed by atoms with Crippen LogP contribution in [0.5, 0.6) is 5.75 Å². The topological polar surface area (TPSA) is 46.0 Å². The van der Waals surface area contributed by atoms with E-state index in [4.69, 9.17) is 9.97 Å². The van der Waals surface area contributed by atoms with E-state index in [0.717, 1.165) is 55.7 Å². The van der Waals surface area contributed by atoms with Crippen LogP contribution in [0, 0.1) is 6.07 Å². The summed E-state index contributed by atoms with van der Waals surface area (Å²) in [4.78, 5) is 10.2. The molecule has 0 spiro atoms. The van der Waals surface area contributed by atoms with E-state index < -0.39 is 0 Å². The van der Waals surface area contributed by atoms with Gasteiger partial charge in [-0.25, -0.2) is 0 Å². The summed E-state index contributed by atoms with van der Waals surface area (Å²) in [6, 6.07) is 44.8. The minimum atomic E-state index is -0.208. The molecule has 288 valence electrons. The molecule has 7 aromatic rings. The maximum Gasteiger partial charge on any atom is 0.141 e. The first-order chi connectivity index (χ1) is 26.1. The summed E-state index contributed by atoms with van der Waals surface area (Å²) < 4.78 is 0. The van der Waals surface area contributed by atoms with Gasteiger partial charge in [-0.05, 0) is 90.9 Å². The minimum Gasteiger partial charge on any atom is -0.506 e. The number of hydrogen-bond donors (Lipinski definition) is 1. The molecule has 56 heavy (non-hydrogen) atoms. The van der Waals surface area contributed by atoms with Crippen LogP contribution in [0.2, 0.25) is 0 Å². The van der Waals surface area contributed by atoms with E-state index in [0.29, 0.717) is 17.4 Å². The monoisotopic (exact) mass is 916 g/mol. The Morgan fingerprint density at radius 2 is 1.12 bits per heavy atom. The molecule has 0 atom stereocenters. The fourth-order valence-electron chi connectivity index (χ4n) is 7.62. The Kier molecular flexibility index (Phi) is 11.6. The van der Waals surface area contributed by atoms with Crippen molar-refractivity contribution >= 4 is 10.9 Å². The maximum atomic E-state index is 11.6. The van der Waals surface area contributed by atoms with Crippen LogP contribution in [0.3, 0.4) is 0 Å². The van der Waals surface area contributed by atoms with Crippen LogP contribution in [0.25, 0.3) is 66.8 Å². The summed E-state index contributed by atoms with van der Waals surface area (Å²) in [7, 11) is 0. The van der Waals surface area contributed by atoms with Crippen molar-refractivity contribution in [2.45, 2.75) is 91.9 Å². The number of benzene rings is 5. The van der Waals surface area contributed by atoms with Crippen LogP contribution in [0.4, 0.5) is 0 Å². The number of rotatable bonds is 7. The van der Waals surface area contributed by atoms with Gasteiger partial charge in [0.1, 0.15) is 11.3 Å². The molecular formula is C52H53N2OPt-. The summed E-state index contributed by atoms with van der Waals surface area (Å²) in [5, 5.41) is 12.6. The molecular weight excluding hydrogens is 864 g/mol. The molecule has 0 amide bonds. The van der Waals surface area contributed by atoms with E-state index in [1.54, 1.807) is 0 Å². The maximum absolute atomic E-state index is 11.6. The third-order valence-corrected chi connectivity index (χ3v) is 10.7. The van der Waals surface area contributed by atoms with Gasteiger partial charge in [0.05, 0.1) is 0 Å². The van der Waals surface area contributed by atoms with Crippen molar-refractivity contribution in [1.82, 2.24) is 9.97 Å². The van der Waals surface area contributed by atoms with Crippen LogP contribution in [-0.2, 0) is 31.9 Å². The van der Waals surface area contributed by atoms with Gasteiger partial charge in [-0.1, -0.05) is 171 Å². The smallest absolute Gasteiger partial charge is 0.141 e. The summed E-state index contributed by atoms with van der Waals surface area (Å²) in [5.74, 6) is 0.849. The fraction of sp³-hybridized carbons (Fsp3) is 0.269. The summed E-state index contributed by atoms with van der Waals surface area (Å²) in [6.07, 6.45) is 1.90. The van der Waals surface area contributed by atoms with Crippen LogP contribution in [-0.4, -0.2) is 15.1 Å². The van der Waals surface area contributed by atoms with E-state index >= 15 is 0 Å². The summed E-state index contributed by atoms with van der Waals surface area (Å²) in [5.41, 5.74) is 15.5. The van der Waals surface area contributed by atoms with Gasteiger partial charge in [0.25, 0.3) is 0 Å². The number of hydrogen-bond acceptors (Lipinski definition) is 3. The quantitative estimate of drug-likeness (QED) is 0.162. The molecule has 2 heterocycles. The standard InChI is InChI=1S/C52H53N2O.Pt/c1-32(2)42-17-14-18-43(33(3)4)49(42)40-26-38(46-28-37(23-24-53-46)36-21-19-35(20-22-36)34-15-12-11-13-16-34)25-39(27-40)47-31-45(52(8,9)10)44-29-41(51(5,6)7)30-48(55)50(44)54-47;/h11-24,26-33,55H,1-10H3;/q-1;. The molecule has 0 saturated carbocycles. The van der Waals surface area contributed by atoms with Crippen molar-refractivity contribution in [3.05, 3.63) is 150 Å². The predicted octanol–water partition coefficient (Wildman–Crippen LogP) is 14.3. The largest absolute Gasteiger partial charge is 0.506 e. The molecule has 0 unspecified atom stereocenters. The number of pyridine rings is 2. The zero-order valence-electron chi connectivity index (χ0n) is 34.4. The molecule has 7 rings (SSSR count). The van der Waals surface area contributed by atoms with E-state index in [1.807, 2.05) is 18.3 Å². The fourth-order valence-corrected chi connectivity index (χ4v) is 7.62. The number of fused-ring (bicyclic) bond motifs is 1. The SMILES string of the molecule is CC(C)c1cccc(C(C)C)c1-c1cc(-c2cc(-c3ccc(-c4ccccc4)cc3)ccn2)[c-]c(-c2cc(C(C)(C)C)c3cc(C(C)(C)C)cc(O)c3n2)c1.[Pt]. The zero-order chi connectivity index (χ0) is 39.2. The first-order valence-corrected chi connectivity index (χ1v) is 19.6. The second kappa shape index (κ2) is 15.9. The van der Waals surface area contributed by atoms with Crippen molar-refractivity contribution < 1.29 is 26.2 Å². The van der Waals surface area contributed by atoms with Crippen molar-refractivity contribution in [3.8, 4) is 61.6 Å². The predicted molar refractivity (Wildman–Crippen MR) is 233 cm³/mol. The van der Waals surface area contributed by atoms with E-state index in [2.05, 4.69) is 178 Å². The van der Waals surface area contributed by atoms with Gasteiger partial charge < -0.3 is 5.11 Å². The van der Waals surface area contributed by atoms with Gasteiger partial charge in [-0.15, -0.1) is 18.2 Å². The van der Waals surface area contributed by atoms with E-state index in [9.17, 15) is 5.11 Å². The zero-order valence-corrected chi connectivity index (χ0v) is 36.6. The van der Waals surface area contributed by atoms with E-state index in [1.165, 1.54) is 27.8 Å². The third-order valence-electron chi connectivity index (χ3n) is 10.7. The third kappa shape index (κ3) is 8.30. The minimum absolute atomic E-state index is 0. The van der Waals surface area contributed by atoms with Gasteiger partial charge in [-0.2, -0.15) is 0 Å². The van der Waals surface area contributed by atoms with Crippen LogP contribution in [0.15, 0.2) is 121 Å². The molecule has 0 aliphatic rings. The molecule has 0 aliphatic heterocycles. The summed E-state index contributed by atoms with van der Waals surface area (Å²) >= 11 is 0.